The van der Waals surface area contributed by atoms with Crippen molar-refractivity contribution in [2.24, 2.45) is 4.99 Å². The summed E-state index contributed by atoms with van der Waals surface area (Å²) in [5.74, 6) is 0.603. The van der Waals surface area contributed by atoms with Crippen molar-refractivity contribution >= 4 is 23.5 Å². The van der Waals surface area contributed by atoms with Gasteiger partial charge in [0.15, 0.2) is 5.96 Å². The van der Waals surface area contributed by atoms with Crippen molar-refractivity contribution in [3.63, 3.8) is 0 Å². The molecule has 2 heterocycles. The number of amides is 1. The lowest BCUT2D eigenvalue weighted by atomic mass is 10.2. The van der Waals surface area contributed by atoms with Crippen LogP contribution in [-0.4, -0.2) is 93.2 Å². The topological polar surface area (TPSA) is 82.1 Å². The van der Waals surface area contributed by atoms with Crippen molar-refractivity contribution in [2.75, 3.05) is 66.6 Å². The summed E-state index contributed by atoms with van der Waals surface area (Å²) in [4.78, 5) is 24.2. The zero-order valence-electron chi connectivity index (χ0n) is 16.1. The Bertz CT molecular complexity index is 602. The molecule has 1 aromatic rings. The van der Waals surface area contributed by atoms with Gasteiger partial charge >= 0.3 is 0 Å². The van der Waals surface area contributed by atoms with Crippen LogP contribution in [0.4, 0.5) is 0 Å². The van der Waals surface area contributed by atoms with Crippen LogP contribution in [0.3, 0.4) is 0 Å². The summed E-state index contributed by atoms with van der Waals surface area (Å²) in [5.41, 5.74) is 1.09. The van der Waals surface area contributed by atoms with Gasteiger partial charge in [0.25, 0.3) is 0 Å². The Morgan fingerprint density at radius 1 is 1.30 bits per heavy atom. The number of ether oxygens (including phenoxy) is 1. The molecule has 8 nitrogen and oxygen atoms in total. The van der Waals surface area contributed by atoms with Gasteiger partial charge in [0.05, 0.1) is 13.2 Å². The van der Waals surface area contributed by atoms with Crippen molar-refractivity contribution in [3.8, 4) is 0 Å². The number of aromatic nitrogens is 1. The molecule has 150 valence electrons. The highest BCUT2D eigenvalue weighted by atomic mass is 35.5. The fourth-order valence-electron chi connectivity index (χ4n) is 2.50. The average molecular weight is 397 g/mol. The second-order valence-electron chi connectivity index (χ2n) is 6.50. The lowest BCUT2D eigenvalue weighted by Crippen LogP contribution is -2.45. The summed E-state index contributed by atoms with van der Waals surface area (Å²) in [6.07, 6.45) is 2.55. The highest BCUT2D eigenvalue weighted by molar-refractivity contribution is 6.29. The fraction of sp³-hybridized carbons (Fsp3) is 0.611. The number of guanidine groups is 1. The second kappa shape index (κ2) is 11.7. The van der Waals surface area contributed by atoms with Gasteiger partial charge in [-0.15, -0.1) is 0 Å². The molecule has 2 N–H and O–H groups in total. The molecule has 0 spiro atoms. The summed E-state index contributed by atoms with van der Waals surface area (Å²) in [7, 11) is 3.45. The van der Waals surface area contributed by atoms with E-state index in [-0.39, 0.29) is 12.5 Å². The number of carbonyl (C=O) groups is 1. The lowest BCUT2D eigenvalue weighted by molar-refractivity contribution is -0.127. The molecule has 2 rings (SSSR count). The van der Waals surface area contributed by atoms with E-state index < -0.39 is 0 Å². The molecule has 0 radical (unpaired) electrons. The molecule has 1 aromatic heterocycles. The van der Waals surface area contributed by atoms with Gasteiger partial charge in [0.2, 0.25) is 5.91 Å². The predicted molar refractivity (Wildman–Crippen MR) is 107 cm³/mol. The molecule has 0 bridgehead atoms. The monoisotopic (exact) mass is 396 g/mol. The van der Waals surface area contributed by atoms with Gasteiger partial charge in [-0.05, 0) is 18.1 Å². The van der Waals surface area contributed by atoms with Crippen LogP contribution in [0.2, 0.25) is 5.15 Å². The molecular weight excluding hydrogens is 368 g/mol. The maximum atomic E-state index is 11.8. The van der Waals surface area contributed by atoms with Gasteiger partial charge in [-0.3, -0.25) is 9.69 Å². The Labute approximate surface area is 165 Å². The average Bonchev–Trinajstić information content (AvgIpc) is 2.67. The van der Waals surface area contributed by atoms with Crippen LogP contribution >= 0.6 is 11.6 Å². The number of nitrogens with one attached hydrogen (secondary N) is 2. The van der Waals surface area contributed by atoms with E-state index in [1.807, 2.05) is 6.07 Å². The molecular formula is C18H29ClN6O2. The number of likely N-dealkylation sites (N-methyl/N-ethyl adjacent to an activating group) is 1. The third kappa shape index (κ3) is 8.55. The predicted octanol–water partition coefficient (Wildman–Crippen LogP) is 0.233. The Morgan fingerprint density at radius 2 is 2.04 bits per heavy atom. The Morgan fingerprint density at radius 3 is 2.70 bits per heavy atom. The van der Waals surface area contributed by atoms with Gasteiger partial charge < -0.3 is 20.3 Å². The molecule has 27 heavy (non-hydrogen) atoms. The number of pyridine rings is 1. The number of carbonyl (C=O) groups excluding carboxylic acids is 1. The van der Waals surface area contributed by atoms with E-state index in [4.69, 9.17) is 16.3 Å². The molecule has 1 amide bonds. The van der Waals surface area contributed by atoms with Crippen molar-refractivity contribution in [1.29, 1.82) is 0 Å². The van der Waals surface area contributed by atoms with E-state index in [0.29, 0.717) is 17.7 Å². The molecule has 1 aliphatic heterocycles. The van der Waals surface area contributed by atoms with Crippen LogP contribution in [0, 0.1) is 0 Å². The Hall–Kier alpha value is -1.90. The molecule has 1 saturated heterocycles. The SMILES string of the molecule is CN(C)C(=O)CN=C(NCCc1ccc(Cl)nc1)NCCN1CCOCC1. The molecule has 0 aliphatic carbocycles. The van der Waals surface area contributed by atoms with E-state index in [1.54, 1.807) is 26.4 Å². The largest absolute Gasteiger partial charge is 0.379 e. The van der Waals surface area contributed by atoms with Crippen LogP contribution in [0.1, 0.15) is 5.56 Å². The van der Waals surface area contributed by atoms with Crippen molar-refractivity contribution in [3.05, 3.63) is 29.0 Å². The van der Waals surface area contributed by atoms with E-state index in [0.717, 1.165) is 51.4 Å². The van der Waals surface area contributed by atoms with E-state index >= 15 is 0 Å². The molecule has 0 atom stereocenters. The first-order chi connectivity index (χ1) is 13.0. The first-order valence-electron chi connectivity index (χ1n) is 9.17. The smallest absolute Gasteiger partial charge is 0.243 e. The summed E-state index contributed by atoms with van der Waals surface area (Å²) >= 11 is 5.81. The number of nitrogens with zero attached hydrogens (tertiary/aromatic N) is 4. The Balaban J connectivity index is 1.81. The minimum atomic E-state index is -0.0359. The number of hydrogen-bond donors (Lipinski definition) is 2. The summed E-state index contributed by atoms with van der Waals surface area (Å²) in [5, 5.41) is 7.07. The maximum Gasteiger partial charge on any atom is 0.243 e. The normalized spacial score (nSPS) is 15.4. The van der Waals surface area contributed by atoms with Crippen molar-refractivity contribution in [1.82, 2.24) is 25.4 Å². The number of morpholine rings is 1. The molecule has 0 aromatic carbocycles. The fourth-order valence-corrected chi connectivity index (χ4v) is 2.61. The van der Waals surface area contributed by atoms with Crippen LogP contribution in [0.15, 0.2) is 23.3 Å². The van der Waals surface area contributed by atoms with Crippen LogP contribution in [-0.2, 0) is 16.0 Å². The van der Waals surface area contributed by atoms with Crippen LogP contribution < -0.4 is 10.6 Å². The molecule has 1 aliphatic rings. The highest BCUT2D eigenvalue weighted by Gasteiger charge is 2.10. The van der Waals surface area contributed by atoms with Gasteiger partial charge in [-0.25, -0.2) is 9.98 Å². The summed E-state index contributed by atoms with van der Waals surface area (Å²) in [6.45, 7) is 5.92. The standard InChI is InChI=1S/C18H29ClN6O2/c1-24(2)17(26)14-23-18(21-7-8-25-9-11-27-12-10-25)20-6-5-15-3-4-16(19)22-13-15/h3-4,13H,5-12,14H2,1-2H3,(H2,20,21,23). The third-order valence-corrected chi connectivity index (χ3v) is 4.41. The van der Waals surface area contributed by atoms with E-state index in [1.165, 1.54) is 4.90 Å². The second-order valence-corrected chi connectivity index (χ2v) is 6.89. The van der Waals surface area contributed by atoms with Gasteiger partial charge in [-0.1, -0.05) is 17.7 Å². The first kappa shape index (κ1) is 21.4. The quantitative estimate of drug-likeness (QED) is 0.372. The minimum absolute atomic E-state index is 0.0359. The number of hydrogen-bond acceptors (Lipinski definition) is 5. The van der Waals surface area contributed by atoms with Gasteiger partial charge in [0.1, 0.15) is 11.7 Å². The van der Waals surface area contributed by atoms with Crippen molar-refractivity contribution in [2.45, 2.75) is 6.42 Å². The minimum Gasteiger partial charge on any atom is -0.379 e. The molecule has 9 heteroatoms. The van der Waals surface area contributed by atoms with Crippen molar-refractivity contribution < 1.29 is 9.53 Å². The number of aliphatic imine (C=N–C) groups is 1. The van der Waals surface area contributed by atoms with Gasteiger partial charge in [-0.2, -0.15) is 0 Å². The highest BCUT2D eigenvalue weighted by Crippen LogP contribution is 2.05. The van der Waals surface area contributed by atoms with Gasteiger partial charge in [0, 0.05) is 53.0 Å². The summed E-state index contributed by atoms with van der Waals surface area (Å²) in [6, 6.07) is 3.73. The first-order valence-corrected chi connectivity index (χ1v) is 9.55. The maximum absolute atomic E-state index is 11.8. The summed E-state index contributed by atoms with van der Waals surface area (Å²) < 4.78 is 5.36. The molecule has 1 fully saturated rings. The molecule has 0 unspecified atom stereocenters. The van der Waals surface area contributed by atoms with Crippen LogP contribution in [0.5, 0.6) is 0 Å². The van der Waals surface area contributed by atoms with Crippen LogP contribution in [0.25, 0.3) is 0 Å². The zero-order valence-corrected chi connectivity index (χ0v) is 16.8. The molecule has 0 saturated carbocycles. The Kier molecular flexibility index (Phi) is 9.30. The lowest BCUT2D eigenvalue weighted by Gasteiger charge is -2.26. The van der Waals surface area contributed by atoms with E-state index in [9.17, 15) is 4.79 Å². The number of halogens is 1. The third-order valence-electron chi connectivity index (χ3n) is 4.19. The number of rotatable bonds is 8. The van der Waals surface area contributed by atoms with E-state index in [2.05, 4.69) is 25.5 Å². The zero-order chi connectivity index (χ0) is 19.5.